The summed E-state index contributed by atoms with van der Waals surface area (Å²) in [4.78, 5) is 0. The van der Waals surface area contributed by atoms with Crippen LogP contribution < -0.4 is 9.47 Å². The number of benzene rings is 5. The molecule has 1 atom stereocenters. The van der Waals surface area contributed by atoms with Crippen molar-refractivity contribution in [1.29, 1.82) is 0 Å². The van der Waals surface area contributed by atoms with Crippen molar-refractivity contribution in [2.24, 2.45) is 0 Å². The Morgan fingerprint density at radius 1 is 0.528 bits per heavy atom. The van der Waals surface area contributed by atoms with Gasteiger partial charge in [0.05, 0.1) is 11.1 Å². The number of ether oxygens (including phenoxy) is 2. The second-order valence-electron chi connectivity index (χ2n) is 9.12. The highest BCUT2D eigenvalue weighted by Gasteiger charge is 2.66. The van der Waals surface area contributed by atoms with Gasteiger partial charge in [-0.1, -0.05) is 88.0 Å². The molecular formula is C32H24N2O2+2. The highest BCUT2D eigenvalue weighted by molar-refractivity contribution is 5.97. The predicted octanol–water partition coefficient (Wildman–Crippen LogP) is 6.77. The molecule has 5 aromatic rings. The van der Waals surface area contributed by atoms with E-state index in [9.17, 15) is 0 Å². The molecule has 0 saturated heterocycles. The van der Waals surface area contributed by atoms with Crippen molar-refractivity contribution in [2.45, 2.75) is 13.0 Å². The van der Waals surface area contributed by atoms with Crippen LogP contribution in [0.1, 0.15) is 16.7 Å². The number of para-hydroxylation sites is 3. The van der Waals surface area contributed by atoms with Crippen molar-refractivity contribution in [3.05, 3.63) is 132 Å². The Morgan fingerprint density at radius 3 is 1.81 bits per heavy atom. The fourth-order valence-corrected chi connectivity index (χ4v) is 5.09. The number of rotatable bonds is 2. The molecule has 0 aromatic heterocycles. The number of hydrogen-bond acceptors (Lipinski definition) is 2. The molecule has 4 nitrogen and oxygen atoms in total. The van der Waals surface area contributed by atoms with Crippen LogP contribution in [0.4, 0.5) is 11.4 Å². The van der Waals surface area contributed by atoms with Gasteiger partial charge in [-0.2, -0.15) is 0 Å². The van der Waals surface area contributed by atoms with Crippen LogP contribution in [0.3, 0.4) is 0 Å². The molecule has 0 N–H and O–H groups in total. The van der Waals surface area contributed by atoms with Crippen molar-refractivity contribution in [3.8, 4) is 11.5 Å². The molecule has 0 radical (unpaired) electrons. The van der Waals surface area contributed by atoms with E-state index in [1.807, 2.05) is 48.5 Å². The smallest absolute Gasteiger partial charge is 0.340 e. The summed E-state index contributed by atoms with van der Waals surface area (Å²) in [5.41, 5.74) is 4.97. The van der Waals surface area contributed by atoms with E-state index < -0.39 is 6.03 Å². The van der Waals surface area contributed by atoms with Gasteiger partial charge in [-0.25, -0.2) is 0 Å². The summed E-state index contributed by atoms with van der Waals surface area (Å²) in [7, 11) is 0. The Balaban J connectivity index is 1.57. The zero-order valence-corrected chi connectivity index (χ0v) is 19.8. The normalized spacial score (nSPS) is 17.9. The third-order valence-corrected chi connectivity index (χ3v) is 6.84. The lowest BCUT2D eigenvalue weighted by molar-refractivity contribution is -0.855. The van der Waals surface area contributed by atoms with Crippen LogP contribution >= 0.6 is 0 Å². The summed E-state index contributed by atoms with van der Waals surface area (Å²) in [5, 5.41) is 2.17. The van der Waals surface area contributed by atoms with Gasteiger partial charge in [0.25, 0.3) is 0 Å². The Morgan fingerprint density at radius 2 is 1.11 bits per heavy atom. The summed E-state index contributed by atoms with van der Waals surface area (Å²) < 4.78 is 18.3. The first-order chi connectivity index (χ1) is 17.7. The lowest BCUT2D eigenvalue weighted by Gasteiger charge is -2.32. The maximum atomic E-state index is 7.09. The second-order valence-corrected chi connectivity index (χ2v) is 9.12. The van der Waals surface area contributed by atoms with E-state index in [2.05, 4.69) is 95.2 Å². The van der Waals surface area contributed by atoms with Gasteiger partial charge in [-0.15, -0.1) is 0 Å². The SMILES string of the molecule is Cc1cccc2c1O[C@]1(Oc3c(ccc4ccccc34)C=[N+]1c1ccccc1)[N+](c1ccccc1)=C2. The molecular weight excluding hydrogens is 444 g/mol. The lowest BCUT2D eigenvalue weighted by Crippen LogP contribution is -2.62. The van der Waals surface area contributed by atoms with Crippen LogP contribution in [-0.4, -0.2) is 27.6 Å². The molecule has 2 aliphatic heterocycles. The molecule has 1 spiro atoms. The lowest BCUT2D eigenvalue weighted by atomic mass is 10.0. The molecule has 7 rings (SSSR count). The zero-order chi connectivity index (χ0) is 24.1. The van der Waals surface area contributed by atoms with Crippen molar-refractivity contribution in [1.82, 2.24) is 0 Å². The topological polar surface area (TPSA) is 24.5 Å². The van der Waals surface area contributed by atoms with Crippen molar-refractivity contribution in [2.75, 3.05) is 0 Å². The molecule has 0 saturated carbocycles. The molecule has 0 unspecified atom stereocenters. The van der Waals surface area contributed by atoms with Crippen molar-refractivity contribution < 1.29 is 18.6 Å². The minimum atomic E-state index is -1.32. The molecule has 2 heterocycles. The highest BCUT2D eigenvalue weighted by atomic mass is 16.7. The van der Waals surface area contributed by atoms with Crippen LogP contribution in [0, 0.1) is 6.92 Å². The largest absolute Gasteiger partial charge is 0.714 e. The van der Waals surface area contributed by atoms with E-state index >= 15 is 0 Å². The van der Waals surface area contributed by atoms with Crippen molar-refractivity contribution >= 4 is 34.6 Å². The number of nitrogens with zero attached hydrogens (tertiary/aromatic N) is 2. The summed E-state index contributed by atoms with van der Waals surface area (Å²) in [6.07, 6.45) is 4.26. The molecule has 2 aliphatic rings. The van der Waals surface area contributed by atoms with Gasteiger partial charge in [-0.05, 0) is 30.0 Å². The van der Waals surface area contributed by atoms with Gasteiger partial charge in [-0.3, -0.25) is 0 Å². The molecule has 0 bridgehead atoms. The van der Waals surface area contributed by atoms with Crippen molar-refractivity contribution in [3.63, 3.8) is 0 Å². The summed E-state index contributed by atoms with van der Waals surface area (Å²) in [5.74, 6) is 1.61. The highest BCUT2D eigenvalue weighted by Crippen LogP contribution is 2.43. The summed E-state index contributed by atoms with van der Waals surface area (Å²) in [6.45, 7) is 2.07. The van der Waals surface area contributed by atoms with Gasteiger partial charge < -0.3 is 9.47 Å². The van der Waals surface area contributed by atoms with E-state index in [0.29, 0.717) is 0 Å². The van der Waals surface area contributed by atoms with E-state index in [1.165, 1.54) is 0 Å². The molecule has 172 valence electrons. The second kappa shape index (κ2) is 7.92. The van der Waals surface area contributed by atoms with Gasteiger partial charge >= 0.3 is 6.03 Å². The molecule has 0 amide bonds. The minimum absolute atomic E-state index is 0.798. The minimum Gasteiger partial charge on any atom is -0.340 e. The average molecular weight is 469 g/mol. The van der Waals surface area contributed by atoms with Crippen LogP contribution in [0.25, 0.3) is 10.8 Å². The first-order valence-corrected chi connectivity index (χ1v) is 12.1. The van der Waals surface area contributed by atoms with Gasteiger partial charge in [0, 0.05) is 29.7 Å². The van der Waals surface area contributed by atoms with Gasteiger partial charge in [0.1, 0.15) is 0 Å². The predicted molar refractivity (Wildman–Crippen MR) is 142 cm³/mol. The molecule has 4 heteroatoms. The van der Waals surface area contributed by atoms with Crippen LogP contribution in [0.15, 0.2) is 115 Å². The summed E-state index contributed by atoms with van der Waals surface area (Å²) >= 11 is 0. The Hall–Kier alpha value is -4.70. The Labute approximate surface area is 209 Å². The average Bonchev–Trinajstić information content (AvgIpc) is 2.94. The Bertz CT molecular complexity index is 1690. The Kier molecular flexibility index (Phi) is 4.55. The fourth-order valence-electron chi connectivity index (χ4n) is 5.09. The standard InChI is InChI=1S/C32H24N2O2/c1-23-11-10-13-25-21-33(27-14-4-2-5-15-27)32(35-30(23)25)34(28-16-6-3-7-17-28)22-26-20-19-24-12-8-9-18-29(24)31(26)36-32/h2-22H,1H3/q+2/t32-/m0/s1. The molecule has 0 fully saturated rings. The number of aryl methyl sites for hydroxylation is 1. The first kappa shape index (κ1) is 20.7. The van der Waals surface area contributed by atoms with Gasteiger partial charge in [0.2, 0.25) is 11.4 Å². The van der Waals surface area contributed by atoms with Crippen LogP contribution in [-0.2, 0) is 0 Å². The maximum absolute atomic E-state index is 7.09. The number of fused-ring (bicyclic) bond motifs is 4. The quantitative estimate of drug-likeness (QED) is 0.267. The molecule has 36 heavy (non-hydrogen) atoms. The van der Waals surface area contributed by atoms with Gasteiger partial charge in [0.15, 0.2) is 23.9 Å². The van der Waals surface area contributed by atoms with E-state index in [0.717, 1.165) is 50.3 Å². The third-order valence-electron chi connectivity index (χ3n) is 6.84. The zero-order valence-electron chi connectivity index (χ0n) is 19.8. The van der Waals surface area contributed by atoms with E-state index in [4.69, 9.17) is 9.47 Å². The summed E-state index contributed by atoms with van der Waals surface area (Å²) in [6, 6.07) is 37.9. The molecule has 0 aliphatic carbocycles. The van der Waals surface area contributed by atoms with E-state index in [1.54, 1.807) is 0 Å². The molecule has 5 aromatic carbocycles. The first-order valence-electron chi connectivity index (χ1n) is 12.1. The number of hydrogen-bond donors (Lipinski definition) is 0. The fraction of sp³-hybridized carbons (Fsp3) is 0.0625. The maximum Gasteiger partial charge on any atom is 0.714 e. The van der Waals surface area contributed by atoms with Crippen LogP contribution in [0.5, 0.6) is 11.5 Å². The van der Waals surface area contributed by atoms with Crippen LogP contribution in [0.2, 0.25) is 0 Å². The third kappa shape index (κ3) is 3.08. The van der Waals surface area contributed by atoms with E-state index in [-0.39, 0.29) is 0 Å². The monoisotopic (exact) mass is 468 g/mol.